The number of nitrogens with one attached hydrogen (secondary N) is 2. The number of amides is 1. The van der Waals surface area contributed by atoms with Crippen LogP contribution in [-0.2, 0) is 0 Å². The van der Waals surface area contributed by atoms with E-state index in [-0.39, 0.29) is 24.4 Å². The minimum atomic E-state index is -0.110. The Bertz CT molecular complexity index is 303. The van der Waals surface area contributed by atoms with Gasteiger partial charge in [0, 0.05) is 22.4 Å². The number of H-pyrrole nitrogens is 1. The van der Waals surface area contributed by atoms with Crippen LogP contribution in [0.3, 0.4) is 0 Å². The summed E-state index contributed by atoms with van der Waals surface area (Å²) in [6, 6.07) is 1.80. The van der Waals surface area contributed by atoms with Crippen LogP contribution in [0.25, 0.3) is 0 Å². The van der Waals surface area contributed by atoms with Crippen molar-refractivity contribution >= 4 is 40.9 Å². The molecule has 6 heteroatoms. The predicted molar refractivity (Wildman–Crippen MR) is 66.7 cm³/mol. The smallest absolute Gasteiger partial charge is 0.267 e. The van der Waals surface area contributed by atoms with Gasteiger partial charge in [-0.1, -0.05) is 0 Å². The lowest BCUT2D eigenvalue weighted by Crippen LogP contribution is -2.37. The molecule has 0 bridgehead atoms. The SMILES string of the molecule is C[C@@H](CN)NC(=O)c1cc(I)c[nH]1.Cl. The summed E-state index contributed by atoms with van der Waals surface area (Å²) < 4.78 is 1.02. The number of halogens is 2. The largest absolute Gasteiger partial charge is 0.356 e. The van der Waals surface area contributed by atoms with Crippen molar-refractivity contribution < 1.29 is 4.79 Å². The highest BCUT2D eigenvalue weighted by Gasteiger charge is 2.09. The summed E-state index contributed by atoms with van der Waals surface area (Å²) in [5.74, 6) is -0.110. The second-order valence-electron chi connectivity index (χ2n) is 2.84. The molecule has 0 aliphatic rings. The van der Waals surface area contributed by atoms with E-state index in [4.69, 9.17) is 5.73 Å². The first-order chi connectivity index (χ1) is 6.13. The molecule has 1 aromatic heterocycles. The van der Waals surface area contributed by atoms with Crippen molar-refractivity contribution in [3.63, 3.8) is 0 Å². The fraction of sp³-hybridized carbons (Fsp3) is 0.375. The van der Waals surface area contributed by atoms with Gasteiger partial charge in [0.05, 0.1) is 0 Å². The maximum Gasteiger partial charge on any atom is 0.267 e. The molecular weight excluding hydrogens is 316 g/mol. The fourth-order valence-electron chi connectivity index (χ4n) is 0.859. The van der Waals surface area contributed by atoms with Crippen LogP contribution in [-0.4, -0.2) is 23.5 Å². The van der Waals surface area contributed by atoms with Gasteiger partial charge in [0.25, 0.3) is 5.91 Å². The van der Waals surface area contributed by atoms with Crippen LogP contribution >= 0.6 is 35.0 Å². The Kier molecular flexibility index (Phi) is 6.14. The summed E-state index contributed by atoms with van der Waals surface area (Å²) in [5, 5.41) is 2.76. The van der Waals surface area contributed by atoms with Crippen molar-refractivity contribution in [1.82, 2.24) is 10.3 Å². The number of carbonyl (C=O) groups excluding carboxylic acids is 1. The number of rotatable bonds is 3. The van der Waals surface area contributed by atoms with E-state index >= 15 is 0 Å². The van der Waals surface area contributed by atoms with Crippen molar-refractivity contribution in [2.75, 3.05) is 6.54 Å². The van der Waals surface area contributed by atoms with E-state index in [1.54, 1.807) is 12.3 Å². The van der Waals surface area contributed by atoms with E-state index in [0.717, 1.165) is 3.57 Å². The van der Waals surface area contributed by atoms with E-state index in [1.165, 1.54) is 0 Å². The quantitative estimate of drug-likeness (QED) is 0.727. The van der Waals surface area contributed by atoms with E-state index < -0.39 is 0 Å². The number of hydrogen-bond donors (Lipinski definition) is 3. The average molecular weight is 330 g/mol. The molecule has 0 radical (unpaired) electrons. The monoisotopic (exact) mass is 329 g/mol. The minimum absolute atomic E-state index is 0. The third-order valence-electron chi connectivity index (χ3n) is 1.62. The number of carbonyl (C=O) groups is 1. The predicted octanol–water partition coefficient (Wildman–Crippen LogP) is 1.12. The summed E-state index contributed by atoms with van der Waals surface area (Å²) in [6.07, 6.45) is 1.78. The van der Waals surface area contributed by atoms with Gasteiger partial charge in [-0.3, -0.25) is 4.79 Å². The third-order valence-corrected chi connectivity index (χ3v) is 2.25. The van der Waals surface area contributed by atoms with Crippen molar-refractivity contribution in [2.24, 2.45) is 5.73 Å². The van der Waals surface area contributed by atoms with Crippen LogP contribution in [0.5, 0.6) is 0 Å². The topological polar surface area (TPSA) is 70.9 Å². The lowest BCUT2D eigenvalue weighted by Gasteiger charge is -2.09. The van der Waals surface area contributed by atoms with E-state index in [2.05, 4.69) is 32.9 Å². The second-order valence-corrected chi connectivity index (χ2v) is 4.09. The van der Waals surface area contributed by atoms with Crippen molar-refractivity contribution in [2.45, 2.75) is 13.0 Å². The van der Waals surface area contributed by atoms with Crippen molar-refractivity contribution in [3.8, 4) is 0 Å². The lowest BCUT2D eigenvalue weighted by molar-refractivity contribution is 0.0937. The van der Waals surface area contributed by atoms with Crippen LogP contribution in [0.15, 0.2) is 12.3 Å². The molecule has 0 saturated carbocycles. The molecule has 0 unspecified atom stereocenters. The second kappa shape index (κ2) is 6.26. The van der Waals surface area contributed by atoms with Gasteiger partial charge in [0.15, 0.2) is 0 Å². The molecule has 0 fully saturated rings. The zero-order valence-electron chi connectivity index (χ0n) is 7.71. The highest BCUT2D eigenvalue weighted by atomic mass is 127. The molecule has 80 valence electrons. The van der Waals surface area contributed by atoms with Crippen LogP contribution in [0.1, 0.15) is 17.4 Å². The standard InChI is InChI=1S/C8H12IN3O.ClH/c1-5(3-10)12-8(13)7-2-6(9)4-11-7;/h2,4-5,11H,3,10H2,1H3,(H,12,13);1H/t5-;/m0./s1. The van der Waals surface area contributed by atoms with Crippen molar-refractivity contribution in [1.29, 1.82) is 0 Å². The number of hydrogen-bond acceptors (Lipinski definition) is 2. The molecule has 1 atom stereocenters. The van der Waals surface area contributed by atoms with Crippen LogP contribution in [0.4, 0.5) is 0 Å². The van der Waals surface area contributed by atoms with E-state index in [0.29, 0.717) is 12.2 Å². The number of nitrogens with two attached hydrogens (primary N) is 1. The highest BCUT2D eigenvalue weighted by molar-refractivity contribution is 14.1. The van der Waals surface area contributed by atoms with Gasteiger partial charge in [0.1, 0.15) is 5.69 Å². The molecule has 0 spiro atoms. The molecule has 1 amide bonds. The Hall–Kier alpha value is -0.270. The van der Waals surface area contributed by atoms with Gasteiger partial charge < -0.3 is 16.0 Å². The molecule has 1 aromatic rings. The first-order valence-corrected chi connectivity index (χ1v) is 5.06. The Labute approximate surface area is 103 Å². The summed E-state index contributed by atoms with van der Waals surface area (Å²) in [4.78, 5) is 14.3. The van der Waals surface area contributed by atoms with E-state index in [9.17, 15) is 4.79 Å². The molecule has 0 aliphatic heterocycles. The summed E-state index contributed by atoms with van der Waals surface area (Å²) >= 11 is 2.14. The molecular formula is C8H13ClIN3O. The highest BCUT2D eigenvalue weighted by Crippen LogP contribution is 2.05. The summed E-state index contributed by atoms with van der Waals surface area (Å²) in [7, 11) is 0. The Morgan fingerprint density at radius 3 is 2.86 bits per heavy atom. The molecule has 1 rings (SSSR count). The molecule has 4 nitrogen and oxygen atoms in total. The van der Waals surface area contributed by atoms with Crippen LogP contribution in [0.2, 0.25) is 0 Å². The molecule has 0 aromatic carbocycles. The number of aromatic nitrogens is 1. The normalized spacial score (nSPS) is 11.6. The molecule has 14 heavy (non-hydrogen) atoms. The average Bonchev–Trinajstić information content (AvgIpc) is 2.51. The third kappa shape index (κ3) is 3.85. The minimum Gasteiger partial charge on any atom is -0.356 e. The van der Waals surface area contributed by atoms with Crippen LogP contribution in [0, 0.1) is 3.57 Å². The van der Waals surface area contributed by atoms with Crippen LogP contribution < -0.4 is 11.1 Å². The van der Waals surface area contributed by atoms with E-state index in [1.807, 2.05) is 6.92 Å². The lowest BCUT2D eigenvalue weighted by atomic mass is 10.3. The first-order valence-electron chi connectivity index (χ1n) is 3.98. The Morgan fingerprint density at radius 1 is 1.79 bits per heavy atom. The molecule has 0 aliphatic carbocycles. The molecule has 0 saturated heterocycles. The van der Waals surface area contributed by atoms with Crippen molar-refractivity contribution in [3.05, 3.63) is 21.5 Å². The van der Waals surface area contributed by atoms with Gasteiger partial charge >= 0.3 is 0 Å². The fourth-order valence-corrected chi connectivity index (χ4v) is 1.33. The van der Waals surface area contributed by atoms with Gasteiger partial charge in [-0.2, -0.15) is 0 Å². The zero-order chi connectivity index (χ0) is 9.84. The molecule has 1 heterocycles. The van der Waals surface area contributed by atoms with Gasteiger partial charge in [-0.25, -0.2) is 0 Å². The van der Waals surface area contributed by atoms with Gasteiger partial charge in [-0.15, -0.1) is 12.4 Å². The molecule has 4 N–H and O–H groups in total. The van der Waals surface area contributed by atoms with Gasteiger partial charge in [0.2, 0.25) is 0 Å². The maximum atomic E-state index is 11.4. The first kappa shape index (κ1) is 13.7. The number of aromatic amines is 1. The zero-order valence-corrected chi connectivity index (χ0v) is 10.7. The maximum absolute atomic E-state index is 11.4. The van der Waals surface area contributed by atoms with Gasteiger partial charge in [-0.05, 0) is 35.6 Å². The summed E-state index contributed by atoms with van der Waals surface area (Å²) in [6.45, 7) is 2.31. The summed E-state index contributed by atoms with van der Waals surface area (Å²) in [5.41, 5.74) is 5.95. The Morgan fingerprint density at radius 2 is 2.43 bits per heavy atom. The Balaban J connectivity index is 0.00000169.